The van der Waals surface area contributed by atoms with E-state index in [1.807, 2.05) is 49.3 Å². The molecule has 0 aromatic carbocycles. The number of carbonyl (C=O) groups excluding carboxylic acids is 3. The van der Waals surface area contributed by atoms with Crippen molar-refractivity contribution in [3.63, 3.8) is 0 Å². The molecular weight excluding hydrogens is 483 g/mol. The van der Waals surface area contributed by atoms with Gasteiger partial charge < -0.3 is 14.7 Å². The number of nitrogens with zero attached hydrogens (tertiary/aromatic N) is 4. The van der Waals surface area contributed by atoms with Gasteiger partial charge >= 0.3 is 0 Å². The topological polar surface area (TPSA) is 64.2 Å². The first kappa shape index (κ1) is 24.4. The molecule has 166 valence electrons. The van der Waals surface area contributed by atoms with Gasteiger partial charge in [0.15, 0.2) is 0 Å². The van der Waals surface area contributed by atoms with Gasteiger partial charge in [0, 0.05) is 92.5 Å². The Morgan fingerprint density at radius 2 is 1.45 bits per heavy atom. The summed E-state index contributed by atoms with van der Waals surface area (Å²) < 4.78 is 2.21. The Balaban J connectivity index is 1.78. The Morgan fingerprint density at radius 3 is 1.97 bits per heavy atom. The van der Waals surface area contributed by atoms with E-state index >= 15 is 0 Å². The maximum atomic E-state index is 12.8. The average Bonchev–Trinajstić information content (AvgIpc) is 2.66. The van der Waals surface area contributed by atoms with E-state index in [1.54, 1.807) is 0 Å². The summed E-state index contributed by atoms with van der Waals surface area (Å²) in [4.78, 5) is 43.5. The van der Waals surface area contributed by atoms with Gasteiger partial charge in [0.05, 0.1) is 0 Å². The molecule has 2 saturated heterocycles. The molecule has 7 nitrogen and oxygen atoms in total. The van der Waals surface area contributed by atoms with Crippen molar-refractivity contribution in [2.45, 2.75) is 66.0 Å². The first-order valence-corrected chi connectivity index (χ1v) is 11.9. The lowest BCUT2D eigenvalue weighted by Gasteiger charge is -2.45. The Labute approximate surface area is 189 Å². The third-order valence-electron chi connectivity index (χ3n) is 6.00. The van der Waals surface area contributed by atoms with Crippen LogP contribution >= 0.6 is 22.9 Å². The summed E-state index contributed by atoms with van der Waals surface area (Å²) in [5.74, 6) is 0.449. The largest absolute Gasteiger partial charge is 0.340 e. The monoisotopic (exact) mass is 520 g/mol. The van der Waals surface area contributed by atoms with E-state index in [0.717, 1.165) is 39.0 Å². The summed E-state index contributed by atoms with van der Waals surface area (Å²) in [7, 11) is 0. The zero-order valence-corrected chi connectivity index (χ0v) is 20.7. The molecule has 3 amide bonds. The summed E-state index contributed by atoms with van der Waals surface area (Å²) in [6.07, 6.45) is 1.93. The number of halogens is 1. The highest BCUT2D eigenvalue weighted by atomic mass is 127. The van der Waals surface area contributed by atoms with Gasteiger partial charge in [0.25, 0.3) is 0 Å². The Kier molecular flexibility index (Phi) is 9.18. The minimum absolute atomic E-state index is 0.0180. The van der Waals surface area contributed by atoms with Gasteiger partial charge in [-0.25, -0.2) is 3.11 Å². The van der Waals surface area contributed by atoms with Crippen LogP contribution < -0.4 is 0 Å². The van der Waals surface area contributed by atoms with Gasteiger partial charge in [-0.3, -0.25) is 14.4 Å². The molecule has 0 spiro atoms. The molecule has 0 aromatic rings. The first-order valence-electron chi connectivity index (χ1n) is 10.9. The van der Waals surface area contributed by atoms with Crippen LogP contribution in [0.1, 0.15) is 53.9 Å². The molecule has 0 saturated carbocycles. The number of piperazine rings is 2. The van der Waals surface area contributed by atoms with Crippen molar-refractivity contribution in [2.24, 2.45) is 11.8 Å². The Bertz CT molecular complexity index is 580. The summed E-state index contributed by atoms with van der Waals surface area (Å²) >= 11 is 2.30. The molecule has 0 aromatic heterocycles. The van der Waals surface area contributed by atoms with E-state index in [-0.39, 0.29) is 41.6 Å². The Morgan fingerprint density at radius 1 is 0.897 bits per heavy atom. The average molecular weight is 520 g/mol. The van der Waals surface area contributed by atoms with Crippen LogP contribution in [-0.4, -0.2) is 86.9 Å². The highest BCUT2D eigenvalue weighted by Crippen LogP contribution is 2.21. The number of carbonyl (C=O) groups is 3. The van der Waals surface area contributed by atoms with Gasteiger partial charge in [-0.1, -0.05) is 20.8 Å². The van der Waals surface area contributed by atoms with Crippen molar-refractivity contribution in [1.29, 1.82) is 0 Å². The van der Waals surface area contributed by atoms with Crippen molar-refractivity contribution in [3.05, 3.63) is 0 Å². The molecular formula is C21H37IN4O3. The van der Waals surface area contributed by atoms with Crippen molar-refractivity contribution in [2.75, 3.05) is 39.3 Å². The highest BCUT2D eigenvalue weighted by molar-refractivity contribution is 14.1. The minimum Gasteiger partial charge on any atom is -0.340 e. The third kappa shape index (κ3) is 6.54. The van der Waals surface area contributed by atoms with E-state index in [4.69, 9.17) is 0 Å². The summed E-state index contributed by atoms with van der Waals surface area (Å²) in [6, 6.07) is 0.0511. The molecule has 3 atom stereocenters. The molecule has 0 radical (unpaired) electrons. The van der Waals surface area contributed by atoms with E-state index in [0.29, 0.717) is 19.5 Å². The van der Waals surface area contributed by atoms with Crippen LogP contribution in [0.2, 0.25) is 0 Å². The van der Waals surface area contributed by atoms with Crippen LogP contribution in [0.15, 0.2) is 0 Å². The van der Waals surface area contributed by atoms with E-state index < -0.39 is 0 Å². The van der Waals surface area contributed by atoms with Crippen LogP contribution in [0.4, 0.5) is 0 Å². The SMILES string of the molecule is CC(C)C(=O)N1CC(C)N(C(=O)CCCC(C)C(=O)N2CCN(I)CC2)C(C)C1. The lowest BCUT2D eigenvalue weighted by atomic mass is 10.00. The zero-order valence-electron chi connectivity index (χ0n) is 18.6. The standard InChI is InChI=1S/C21H37IN4O3/c1-15(2)20(28)24-13-17(4)26(18(5)14-24)19(27)8-6-7-16(3)21(29)23-9-11-25(22)12-10-23/h15-18H,6-14H2,1-5H3. The van der Waals surface area contributed by atoms with E-state index in [2.05, 4.69) is 26.0 Å². The van der Waals surface area contributed by atoms with Gasteiger partial charge in [-0.2, -0.15) is 0 Å². The van der Waals surface area contributed by atoms with Crippen LogP contribution in [-0.2, 0) is 14.4 Å². The molecule has 2 heterocycles. The fraction of sp³-hybridized carbons (Fsp3) is 0.857. The molecule has 8 heteroatoms. The fourth-order valence-corrected chi connectivity index (χ4v) is 4.82. The summed E-state index contributed by atoms with van der Waals surface area (Å²) in [5.41, 5.74) is 0. The second-order valence-corrected chi connectivity index (χ2v) is 10.3. The van der Waals surface area contributed by atoms with Gasteiger partial charge in [0.2, 0.25) is 17.7 Å². The maximum absolute atomic E-state index is 12.8. The Hall–Kier alpha value is -0.900. The predicted octanol–water partition coefficient (Wildman–Crippen LogP) is 2.39. The fourth-order valence-electron chi connectivity index (χ4n) is 4.39. The molecule has 2 rings (SSSR count). The lowest BCUT2D eigenvalue weighted by molar-refractivity contribution is -0.147. The number of rotatable bonds is 6. The second-order valence-electron chi connectivity index (χ2n) is 8.93. The summed E-state index contributed by atoms with van der Waals surface area (Å²) in [5, 5.41) is 0. The molecule has 2 aliphatic rings. The quantitative estimate of drug-likeness (QED) is 0.399. The number of hydrogen-bond donors (Lipinski definition) is 0. The van der Waals surface area contributed by atoms with Gasteiger partial charge in [0.1, 0.15) is 0 Å². The highest BCUT2D eigenvalue weighted by Gasteiger charge is 2.35. The molecule has 2 aliphatic heterocycles. The zero-order chi connectivity index (χ0) is 21.7. The molecule has 2 fully saturated rings. The van der Waals surface area contributed by atoms with Crippen LogP contribution in [0.25, 0.3) is 0 Å². The van der Waals surface area contributed by atoms with E-state index in [1.165, 1.54) is 0 Å². The van der Waals surface area contributed by atoms with Crippen LogP contribution in [0.5, 0.6) is 0 Å². The minimum atomic E-state index is -0.0427. The second kappa shape index (κ2) is 10.9. The van der Waals surface area contributed by atoms with Crippen LogP contribution in [0.3, 0.4) is 0 Å². The van der Waals surface area contributed by atoms with Crippen molar-refractivity contribution in [3.8, 4) is 0 Å². The molecule has 0 bridgehead atoms. The molecule has 29 heavy (non-hydrogen) atoms. The van der Waals surface area contributed by atoms with E-state index in [9.17, 15) is 14.4 Å². The van der Waals surface area contributed by atoms with Gasteiger partial charge in [-0.15, -0.1) is 0 Å². The van der Waals surface area contributed by atoms with Crippen LogP contribution in [0, 0.1) is 11.8 Å². The van der Waals surface area contributed by atoms with Crippen molar-refractivity contribution >= 4 is 40.6 Å². The number of hydrogen-bond acceptors (Lipinski definition) is 4. The third-order valence-corrected chi connectivity index (χ3v) is 6.96. The predicted molar refractivity (Wildman–Crippen MR) is 122 cm³/mol. The first-order chi connectivity index (χ1) is 13.6. The molecule has 0 aliphatic carbocycles. The number of amides is 3. The smallest absolute Gasteiger partial charge is 0.225 e. The normalized spacial score (nSPS) is 24.7. The molecule has 3 unspecified atom stereocenters. The summed E-state index contributed by atoms with van der Waals surface area (Å²) in [6.45, 7) is 14.5. The van der Waals surface area contributed by atoms with Crippen molar-refractivity contribution < 1.29 is 14.4 Å². The molecule has 0 N–H and O–H groups in total. The maximum Gasteiger partial charge on any atom is 0.225 e. The van der Waals surface area contributed by atoms with Gasteiger partial charge in [-0.05, 0) is 26.7 Å². The lowest BCUT2D eigenvalue weighted by Crippen LogP contribution is -2.60. The van der Waals surface area contributed by atoms with Crippen molar-refractivity contribution in [1.82, 2.24) is 17.8 Å².